The number of piperazine rings is 1. The molecule has 2 aromatic carbocycles. The molecule has 1 saturated heterocycles. The summed E-state index contributed by atoms with van der Waals surface area (Å²) in [4.78, 5) is 25.4. The molecule has 5 nitrogen and oxygen atoms in total. The number of imidazole rings is 1. The quantitative estimate of drug-likeness (QED) is 0.623. The van der Waals surface area contributed by atoms with E-state index in [1.807, 2.05) is 11.0 Å². The third-order valence-corrected chi connectivity index (χ3v) is 6.82. The highest BCUT2D eigenvalue weighted by molar-refractivity contribution is 6.18. The first kappa shape index (κ1) is 19.6. The maximum absolute atomic E-state index is 13.0. The number of amides is 1. The van der Waals surface area contributed by atoms with Gasteiger partial charge in [0.25, 0.3) is 5.91 Å². The molecule has 1 amide bonds. The second-order valence-electron chi connectivity index (χ2n) is 8.32. The highest BCUT2D eigenvalue weighted by Gasteiger charge is 2.30. The van der Waals surface area contributed by atoms with E-state index < -0.39 is 0 Å². The zero-order valence-electron chi connectivity index (χ0n) is 17.1. The van der Waals surface area contributed by atoms with Gasteiger partial charge in [0.2, 0.25) is 0 Å². The normalized spacial score (nSPS) is 18.0. The van der Waals surface area contributed by atoms with Gasteiger partial charge in [-0.1, -0.05) is 42.8 Å². The Balaban J connectivity index is 1.35. The van der Waals surface area contributed by atoms with Crippen molar-refractivity contribution in [2.75, 3.05) is 32.1 Å². The van der Waals surface area contributed by atoms with E-state index in [9.17, 15) is 4.79 Å². The number of hydrogen-bond donors (Lipinski definition) is 1. The van der Waals surface area contributed by atoms with E-state index in [1.165, 1.54) is 30.2 Å². The Hall–Kier alpha value is -2.37. The summed E-state index contributed by atoms with van der Waals surface area (Å²) < 4.78 is 0. The number of carbonyl (C=O) groups excluding carboxylic acids is 1. The average molecular weight is 423 g/mol. The maximum atomic E-state index is 13.0. The Morgan fingerprint density at radius 3 is 2.57 bits per heavy atom. The Kier molecular flexibility index (Phi) is 5.48. The summed E-state index contributed by atoms with van der Waals surface area (Å²) in [6.45, 7) is 3.54. The minimum absolute atomic E-state index is 0.0464. The van der Waals surface area contributed by atoms with E-state index >= 15 is 0 Å². The molecule has 1 aliphatic carbocycles. The van der Waals surface area contributed by atoms with Crippen LogP contribution in [0.2, 0.25) is 0 Å². The number of hydrogen-bond acceptors (Lipinski definition) is 3. The molecule has 0 spiro atoms. The van der Waals surface area contributed by atoms with Crippen LogP contribution in [0.25, 0.3) is 22.2 Å². The number of alkyl halides is 1. The van der Waals surface area contributed by atoms with Crippen molar-refractivity contribution in [1.29, 1.82) is 0 Å². The van der Waals surface area contributed by atoms with Gasteiger partial charge in [-0.3, -0.25) is 9.69 Å². The summed E-state index contributed by atoms with van der Waals surface area (Å²) in [6, 6.07) is 13.2. The first-order valence-corrected chi connectivity index (χ1v) is 11.4. The third-order valence-electron chi connectivity index (χ3n) is 6.63. The molecule has 2 fully saturated rings. The number of nitrogens with zero attached hydrogens (tertiary/aromatic N) is 3. The monoisotopic (exact) mass is 422 g/mol. The maximum Gasteiger partial charge on any atom is 0.272 e. The van der Waals surface area contributed by atoms with Gasteiger partial charge in [0, 0.05) is 43.7 Å². The number of rotatable bonds is 5. The molecule has 156 valence electrons. The molecule has 1 saturated carbocycles. The Labute approximate surface area is 182 Å². The van der Waals surface area contributed by atoms with Gasteiger partial charge in [-0.2, -0.15) is 0 Å². The van der Waals surface area contributed by atoms with E-state index in [0.29, 0.717) is 11.6 Å². The van der Waals surface area contributed by atoms with Gasteiger partial charge >= 0.3 is 0 Å². The van der Waals surface area contributed by atoms with Gasteiger partial charge in [-0.05, 0) is 35.6 Å². The Morgan fingerprint density at radius 2 is 1.83 bits per heavy atom. The Bertz CT molecular complexity index is 1050. The first-order chi connectivity index (χ1) is 14.7. The van der Waals surface area contributed by atoms with Crippen molar-refractivity contribution in [3.8, 4) is 11.4 Å². The summed E-state index contributed by atoms with van der Waals surface area (Å²) in [5.41, 5.74) is 2.81. The summed E-state index contributed by atoms with van der Waals surface area (Å²) in [5, 5.41) is 2.31. The standard InChI is InChI=1S/C24H27ClN4O/c25-11-10-17-4-1-8-20-19(17)7-3-9-21(20)23-26-16-22(27-23)24(30)29-14-12-28(13-15-29)18-5-2-6-18/h1,3-4,7-9,16,18H,2,5-6,10-15H2,(H,26,27). The zero-order chi connectivity index (χ0) is 20.5. The fraction of sp³-hybridized carbons (Fsp3) is 0.417. The number of halogens is 1. The number of aromatic nitrogens is 2. The fourth-order valence-electron chi connectivity index (χ4n) is 4.68. The van der Waals surface area contributed by atoms with Crippen LogP contribution in [0.5, 0.6) is 0 Å². The lowest BCUT2D eigenvalue weighted by Crippen LogP contribution is -2.53. The van der Waals surface area contributed by atoms with Crippen LogP contribution in [0.3, 0.4) is 0 Å². The largest absolute Gasteiger partial charge is 0.335 e. The van der Waals surface area contributed by atoms with Gasteiger partial charge in [0.15, 0.2) is 0 Å². The highest BCUT2D eigenvalue weighted by Crippen LogP contribution is 2.30. The van der Waals surface area contributed by atoms with E-state index in [0.717, 1.165) is 55.4 Å². The Morgan fingerprint density at radius 1 is 1.07 bits per heavy atom. The van der Waals surface area contributed by atoms with E-state index in [2.05, 4.69) is 45.2 Å². The second-order valence-corrected chi connectivity index (χ2v) is 8.69. The molecule has 2 heterocycles. The van der Waals surface area contributed by atoms with Crippen molar-refractivity contribution in [1.82, 2.24) is 19.8 Å². The van der Waals surface area contributed by atoms with Crippen LogP contribution in [-0.4, -0.2) is 63.8 Å². The van der Waals surface area contributed by atoms with Crippen LogP contribution >= 0.6 is 11.6 Å². The van der Waals surface area contributed by atoms with Gasteiger partial charge in [0.05, 0.1) is 6.20 Å². The molecule has 0 bridgehead atoms. The molecule has 6 heteroatoms. The third kappa shape index (κ3) is 3.61. The number of nitrogens with one attached hydrogen (secondary N) is 1. The van der Waals surface area contributed by atoms with Crippen LogP contribution in [0, 0.1) is 0 Å². The zero-order valence-corrected chi connectivity index (χ0v) is 17.9. The number of fused-ring (bicyclic) bond motifs is 1. The molecular formula is C24H27ClN4O. The minimum atomic E-state index is 0.0464. The average Bonchev–Trinajstić information content (AvgIpc) is 3.23. The van der Waals surface area contributed by atoms with Crippen molar-refractivity contribution in [2.45, 2.75) is 31.7 Å². The second kappa shape index (κ2) is 8.40. The van der Waals surface area contributed by atoms with E-state index in [1.54, 1.807) is 6.20 Å². The van der Waals surface area contributed by atoms with E-state index in [4.69, 9.17) is 11.6 Å². The van der Waals surface area contributed by atoms with Crippen LogP contribution in [0.1, 0.15) is 35.3 Å². The molecule has 5 rings (SSSR count). The van der Waals surface area contributed by atoms with Crippen molar-refractivity contribution in [3.63, 3.8) is 0 Å². The molecule has 2 aliphatic rings. The van der Waals surface area contributed by atoms with Crippen molar-refractivity contribution in [2.24, 2.45) is 0 Å². The lowest BCUT2D eigenvalue weighted by Gasteiger charge is -2.42. The lowest BCUT2D eigenvalue weighted by molar-refractivity contribution is 0.0451. The summed E-state index contributed by atoms with van der Waals surface area (Å²) >= 11 is 5.98. The summed E-state index contributed by atoms with van der Waals surface area (Å²) in [7, 11) is 0. The molecule has 1 aromatic heterocycles. The molecule has 30 heavy (non-hydrogen) atoms. The highest BCUT2D eigenvalue weighted by atomic mass is 35.5. The molecular weight excluding hydrogens is 396 g/mol. The SMILES string of the molecule is O=C(c1cnc(-c2cccc3c(CCCl)cccc23)[nH]1)N1CCN(C2CCC2)CC1. The van der Waals surface area contributed by atoms with Gasteiger partial charge in [0.1, 0.15) is 11.5 Å². The van der Waals surface area contributed by atoms with Crippen molar-refractivity contribution < 1.29 is 4.79 Å². The van der Waals surface area contributed by atoms with Crippen LogP contribution in [0.4, 0.5) is 0 Å². The molecule has 1 aliphatic heterocycles. The van der Waals surface area contributed by atoms with Gasteiger partial charge in [-0.15, -0.1) is 11.6 Å². The number of H-pyrrole nitrogens is 1. The number of aryl methyl sites for hydroxylation is 1. The van der Waals surface area contributed by atoms with Gasteiger partial charge < -0.3 is 9.88 Å². The molecule has 0 radical (unpaired) electrons. The van der Waals surface area contributed by atoms with Crippen LogP contribution < -0.4 is 0 Å². The smallest absolute Gasteiger partial charge is 0.272 e. The minimum Gasteiger partial charge on any atom is -0.335 e. The summed E-state index contributed by atoms with van der Waals surface area (Å²) in [6.07, 6.45) is 6.49. The first-order valence-electron chi connectivity index (χ1n) is 10.9. The number of aromatic amines is 1. The number of carbonyl (C=O) groups is 1. The van der Waals surface area contributed by atoms with Gasteiger partial charge in [-0.25, -0.2) is 4.98 Å². The summed E-state index contributed by atoms with van der Waals surface area (Å²) in [5.74, 6) is 1.38. The lowest BCUT2D eigenvalue weighted by atomic mass is 9.91. The van der Waals surface area contributed by atoms with E-state index in [-0.39, 0.29) is 5.91 Å². The predicted octanol–water partition coefficient (Wildman–Crippen LogP) is 4.32. The topological polar surface area (TPSA) is 52.2 Å². The predicted molar refractivity (Wildman–Crippen MR) is 121 cm³/mol. The molecule has 0 unspecified atom stereocenters. The van der Waals surface area contributed by atoms with Crippen molar-refractivity contribution >= 4 is 28.3 Å². The number of benzene rings is 2. The molecule has 0 atom stereocenters. The van der Waals surface area contributed by atoms with Crippen LogP contribution in [0.15, 0.2) is 42.6 Å². The molecule has 1 N–H and O–H groups in total. The molecule has 3 aromatic rings. The van der Waals surface area contributed by atoms with Crippen molar-refractivity contribution in [3.05, 3.63) is 53.9 Å². The fourth-order valence-corrected chi connectivity index (χ4v) is 4.88. The van der Waals surface area contributed by atoms with Crippen LogP contribution in [-0.2, 0) is 6.42 Å².